The number of rotatable bonds is 6. The van der Waals surface area contributed by atoms with Gasteiger partial charge < -0.3 is 14.6 Å². The molecule has 0 atom stereocenters. The van der Waals surface area contributed by atoms with E-state index in [0.29, 0.717) is 23.2 Å². The van der Waals surface area contributed by atoms with Gasteiger partial charge in [-0.3, -0.25) is 0 Å². The number of aromatic nitrogens is 4. The molecule has 1 saturated heterocycles. The Morgan fingerprint density at radius 3 is 2.42 bits per heavy atom. The van der Waals surface area contributed by atoms with E-state index in [9.17, 15) is 12.8 Å². The highest BCUT2D eigenvalue weighted by Crippen LogP contribution is 2.32. The smallest absolute Gasteiger partial charge is 0.225 e. The molecule has 3 aromatic heterocycles. The molecule has 10 heteroatoms. The van der Waals surface area contributed by atoms with Crippen LogP contribution in [0, 0.1) is 5.82 Å². The Hall–Kier alpha value is -3.53. The van der Waals surface area contributed by atoms with E-state index in [1.165, 1.54) is 12.1 Å². The van der Waals surface area contributed by atoms with Crippen molar-refractivity contribution < 1.29 is 12.8 Å². The fourth-order valence-electron chi connectivity index (χ4n) is 4.63. The van der Waals surface area contributed by atoms with Crippen LogP contribution in [0.25, 0.3) is 5.65 Å². The Bertz CT molecular complexity index is 1490. The van der Waals surface area contributed by atoms with Gasteiger partial charge in [0.25, 0.3) is 0 Å². The van der Waals surface area contributed by atoms with Crippen molar-refractivity contribution in [1.29, 1.82) is 0 Å². The normalized spacial score (nSPS) is 15.1. The molecule has 188 valence electrons. The van der Waals surface area contributed by atoms with Gasteiger partial charge in [0.2, 0.25) is 5.95 Å². The summed E-state index contributed by atoms with van der Waals surface area (Å²) in [6.07, 6.45) is 10.6. The molecule has 0 spiro atoms. The van der Waals surface area contributed by atoms with Crippen LogP contribution in [0.3, 0.4) is 0 Å². The molecule has 1 fully saturated rings. The zero-order valence-corrected chi connectivity index (χ0v) is 21.3. The van der Waals surface area contributed by atoms with E-state index in [2.05, 4.69) is 43.4 Å². The molecule has 1 aliphatic heterocycles. The summed E-state index contributed by atoms with van der Waals surface area (Å²) in [6, 6.07) is 7.81. The summed E-state index contributed by atoms with van der Waals surface area (Å²) in [5.74, 6) is 0.739. The SMILES string of the molecule is CC(C)c1cnc(N2CCC(c3cnc4c(Nc5ccc(S(C)(=O)=O)c(F)c5)cccn34)CC2)nc1. The quantitative estimate of drug-likeness (QED) is 0.395. The van der Waals surface area contributed by atoms with E-state index in [4.69, 9.17) is 0 Å². The second kappa shape index (κ2) is 9.50. The van der Waals surface area contributed by atoms with E-state index in [1.807, 2.05) is 36.9 Å². The number of anilines is 3. The lowest BCUT2D eigenvalue weighted by Gasteiger charge is -2.31. The molecular formula is C26H29FN6O2S. The minimum atomic E-state index is -3.62. The van der Waals surface area contributed by atoms with Crippen LogP contribution in [0.15, 0.2) is 60.0 Å². The number of halogens is 1. The van der Waals surface area contributed by atoms with Crippen LogP contribution in [-0.4, -0.2) is 47.1 Å². The number of nitrogens with zero attached hydrogens (tertiary/aromatic N) is 5. The summed E-state index contributed by atoms with van der Waals surface area (Å²) in [7, 11) is -3.62. The van der Waals surface area contributed by atoms with Gasteiger partial charge in [-0.2, -0.15) is 0 Å². The van der Waals surface area contributed by atoms with Gasteiger partial charge in [-0.15, -0.1) is 0 Å². The van der Waals surface area contributed by atoms with Crippen LogP contribution in [0.2, 0.25) is 0 Å². The van der Waals surface area contributed by atoms with Gasteiger partial charge >= 0.3 is 0 Å². The van der Waals surface area contributed by atoms with E-state index in [-0.39, 0.29) is 4.90 Å². The molecule has 0 unspecified atom stereocenters. The first-order valence-electron chi connectivity index (χ1n) is 12.0. The molecule has 4 heterocycles. The maximum Gasteiger partial charge on any atom is 0.225 e. The van der Waals surface area contributed by atoms with Gasteiger partial charge in [0.1, 0.15) is 10.7 Å². The average Bonchev–Trinajstić information content (AvgIpc) is 3.29. The Kier molecular flexibility index (Phi) is 6.38. The van der Waals surface area contributed by atoms with Crippen molar-refractivity contribution in [3.05, 3.63) is 72.2 Å². The lowest BCUT2D eigenvalue weighted by atomic mass is 9.94. The third kappa shape index (κ3) is 4.77. The van der Waals surface area contributed by atoms with Crippen LogP contribution in [-0.2, 0) is 9.84 Å². The van der Waals surface area contributed by atoms with Gasteiger partial charge in [0.15, 0.2) is 15.5 Å². The minimum Gasteiger partial charge on any atom is -0.352 e. The Morgan fingerprint density at radius 2 is 1.78 bits per heavy atom. The molecular weight excluding hydrogens is 479 g/mol. The Morgan fingerprint density at radius 1 is 1.06 bits per heavy atom. The maximum absolute atomic E-state index is 14.4. The number of sulfone groups is 1. The molecule has 1 aliphatic rings. The molecule has 1 N–H and O–H groups in total. The molecule has 0 saturated carbocycles. The molecule has 0 bridgehead atoms. The van der Waals surface area contributed by atoms with E-state index in [1.54, 1.807) is 6.07 Å². The topological polar surface area (TPSA) is 92.5 Å². The molecule has 8 nitrogen and oxygen atoms in total. The summed E-state index contributed by atoms with van der Waals surface area (Å²) in [5, 5.41) is 3.18. The summed E-state index contributed by atoms with van der Waals surface area (Å²) < 4.78 is 39.8. The van der Waals surface area contributed by atoms with E-state index >= 15 is 0 Å². The third-order valence-corrected chi connectivity index (χ3v) is 7.83. The zero-order valence-electron chi connectivity index (χ0n) is 20.5. The number of pyridine rings is 1. The molecule has 4 aromatic rings. The van der Waals surface area contributed by atoms with Crippen LogP contribution in [0.5, 0.6) is 0 Å². The van der Waals surface area contributed by atoms with Crippen molar-refractivity contribution in [2.45, 2.75) is 43.4 Å². The van der Waals surface area contributed by atoms with Gasteiger partial charge in [0.05, 0.1) is 5.69 Å². The predicted octanol–water partition coefficient (Wildman–Crippen LogP) is 4.92. The van der Waals surface area contributed by atoms with E-state index in [0.717, 1.165) is 55.0 Å². The number of piperidine rings is 1. The van der Waals surface area contributed by atoms with E-state index < -0.39 is 15.7 Å². The monoisotopic (exact) mass is 508 g/mol. The first-order valence-corrected chi connectivity index (χ1v) is 13.9. The molecule has 0 amide bonds. The fraction of sp³-hybridized carbons (Fsp3) is 0.346. The summed E-state index contributed by atoms with van der Waals surface area (Å²) in [6.45, 7) is 5.99. The van der Waals surface area contributed by atoms with Crippen molar-refractivity contribution in [2.24, 2.45) is 0 Å². The Labute approximate surface area is 210 Å². The number of fused-ring (bicyclic) bond motifs is 1. The molecule has 0 aliphatic carbocycles. The summed E-state index contributed by atoms with van der Waals surface area (Å²) in [4.78, 5) is 15.7. The highest BCUT2D eigenvalue weighted by molar-refractivity contribution is 7.90. The highest BCUT2D eigenvalue weighted by atomic mass is 32.2. The highest BCUT2D eigenvalue weighted by Gasteiger charge is 2.25. The number of hydrogen-bond acceptors (Lipinski definition) is 7. The second-order valence-electron chi connectivity index (χ2n) is 9.57. The number of hydrogen-bond donors (Lipinski definition) is 1. The molecule has 5 rings (SSSR count). The van der Waals surface area contributed by atoms with Crippen molar-refractivity contribution in [3.8, 4) is 0 Å². The molecule has 1 aromatic carbocycles. The number of nitrogens with one attached hydrogen (secondary N) is 1. The summed E-state index contributed by atoms with van der Waals surface area (Å²) in [5.41, 5.74) is 4.16. The average molecular weight is 509 g/mol. The third-order valence-electron chi connectivity index (χ3n) is 6.70. The predicted molar refractivity (Wildman–Crippen MR) is 138 cm³/mol. The first-order chi connectivity index (χ1) is 17.2. The number of imidazole rings is 1. The van der Waals surface area contributed by atoms with Gasteiger partial charge in [0, 0.05) is 61.4 Å². The molecule has 36 heavy (non-hydrogen) atoms. The van der Waals surface area contributed by atoms with Crippen LogP contribution >= 0.6 is 0 Å². The first kappa shape index (κ1) is 24.2. The molecule has 0 radical (unpaired) electrons. The zero-order chi connectivity index (χ0) is 25.4. The minimum absolute atomic E-state index is 0.318. The van der Waals surface area contributed by atoms with Crippen molar-refractivity contribution in [1.82, 2.24) is 19.4 Å². The lowest BCUT2D eigenvalue weighted by Crippen LogP contribution is -2.34. The maximum atomic E-state index is 14.4. The van der Waals surface area contributed by atoms with Gasteiger partial charge in [-0.1, -0.05) is 13.8 Å². The largest absolute Gasteiger partial charge is 0.352 e. The van der Waals surface area contributed by atoms with Crippen molar-refractivity contribution >= 4 is 32.8 Å². The second-order valence-corrected chi connectivity index (χ2v) is 11.6. The van der Waals surface area contributed by atoms with Gasteiger partial charge in [-0.25, -0.2) is 27.8 Å². The Balaban J connectivity index is 1.32. The van der Waals surface area contributed by atoms with Crippen LogP contribution in [0.1, 0.15) is 49.8 Å². The number of benzene rings is 1. The van der Waals surface area contributed by atoms with Crippen LogP contribution in [0.4, 0.5) is 21.7 Å². The van der Waals surface area contributed by atoms with Gasteiger partial charge in [-0.05, 0) is 54.7 Å². The fourth-order valence-corrected chi connectivity index (χ4v) is 5.36. The van der Waals surface area contributed by atoms with Crippen molar-refractivity contribution in [3.63, 3.8) is 0 Å². The lowest BCUT2D eigenvalue weighted by molar-refractivity contribution is 0.488. The summed E-state index contributed by atoms with van der Waals surface area (Å²) >= 11 is 0. The van der Waals surface area contributed by atoms with Crippen LogP contribution < -0.4 is 10.2 Å². The van der Waals surface area contributed by atoms with Crippen molar-refractivity contribution in [2.75, 3.05) is 29.6 Å². The standard InChI is InChI=1S/C26H29FN6O2S/c1-17(2)19-14-29-26(30-15-19)32-11-8-18(9-12-32)23-16-28-25-22(5-4-10-33(23)25)31-20-6-7-24(21(27)13-20)36(3,34)35/h4-7,10,13-18,31H,8-9,11-12H2,1-3H3.